The average Bonchev–Trinajstić information content (AvgIpc) is 2.38. The van der Waals surface area contributed by atoms with E-state index in [1.165, 1.54) is 11.8 Å². The van der Waals surface area contributed by atoms with Crippen molar-refractivity contribution in [3.05, 3.63) is 45.2 Å². The lowest BCUT2D eigenvalue weighted by Gasteiger charge is -2.08. The first kappa shape index (κ1) is 14.2. The number of hydrogen-bond donors (Lipinski definition) is 0. The SMILES string of the molecule is Cc1nc(Sc2ccc(C=O)cc2Br)nc(C)c1C. The quantitative estimate of drug-likeness (QED) is 0.624. The van der Waals surface area contributed by atoms with E-state index in [0.29, 0.717) is 5.56 Å². The molecule has 0 amide bonds. The number of hydrogen-bond acceptors (Lipinski definition) is 4. The molecule has 2 rings (SSSR count). The molecular weight excluding hydrogens is 324 g/mol. The van der Waals surface area contributed by atoms with Gasteiger partial charge in [0.25, 0.3) is 0 Å². The zero-order valence-corrected chi connectivity index (χ0v) is 13.3. The van der Waals surface area contributed by atoms with E-state index in [0.717, 1.165) is 37.8 Å². The van der Waals surface area contributed by atoms with Crippen LogP contribution in [0.5, 0.6) is 0 Å². The smallest absolute Gasteiger partial charge is 0.192 e. The molecule has 0 N–H and O–H groups in total. The molecule has 0 bridgehead atoms. The molecule has 3 nitrogen and oxygen atoms in total. The van der Waals surface area contributed by atoms with Gasteiger partial charge < -0.3 is 0 Å². The Bertz CT molecular complexity index is 620. The Labute approximate surface area is 125 Å². The first-order valence-corrected chi connectivity index (χ1v) is 7.36. The van der Waals surface area contributed by atoms with Crippen molar-refractivity contribution in [1.82, 2.24) is 9.97 Å². The predicted molar refractivity (Wildman–Crippen MR) is 79.9 cm³/mol. The van der Waals surface area contributed by atoms with E-state index >= 15 is 0 Å². The minimum atomic E-state index is 0.647. The molecule has 1 aromatic heterocycles. The Balaban J connectivity index is 2.33. The van der Waals surface area contributed by atoms with E-state index in [9.17, 15) is 4.79 Å². The highest BCUT2D eigenvalue weighted by atomic mass is 79.9. The third-order valence-corrected chi connectivity index (χ3v) is 4.76. The first-order valence-electron chi connectivity index (χ1n) is 5.75. The molecule has 19 heavy (non-hydrogen) atoms. The standard InChI is InChI=1S/C14H13BrN2OS/c1-8-9(2)16-14(17-10(8)3)19-13-5-4-11(7-18)6-12(13)15/h4-7H,1-3H3. The zero-order chi connectivity index (χ0) is 14.0. The molecule has 0 saturated heterocycles. The number of nitrogens with zero attached hydrogens (tertiary/aromatic N) is 2. The molecule has 2 aromatic rings. The number of aromatic nitrogens is 2. The summed E-state index contributed by atoms with van der Waals surface area (Å²) in [5.74, 6) is 0. The number of carbonyl (C=O) groups is 1. The van der Waals surface area contributed by atoms with Gasteiger partial charge in [0.15, 0.2) is 5.16 Å². The van der Waals surface area contributed by atoms with Gasteiger partial charge in [0.1, 0.15) is 6.29 Å². The van der Waals surface area contributed by atoms with Crippen molar-refractivity contribution in [3.63, 3.8) is 0 Å². The molecule has 0 saturated carbocycles. The molecule has 5 heteroatoms. The monoisotopic (exact) mass is 336 g/mol. The van der Waals surface area contributed by atoms with Crippen molar-refractivity contribution < 1.29 is 4.79 Å². The normalized spacial score (nSPS) is 10.5. The molecular formula is C14H13BrN2OS. The highest BCUT2D eigenvalue weighted by Gasteiger charge is 2.09. The second-order valence-corrected chi connectivity index (χ2v) is 6.08. The molecule has 0 aliphatic heterocycles. The number of aryl methyl sites for hydroxylation is 2. The number of aldehydes is 1. The van der Waals surface area contributed by atoms with E-state index in [4.69, 9.17) is 0 Å². The van der Waals surface area contributed by atoms with Crippen LogP contribution in [0.3, 0.4) is 0 Å². The molecule has 0 unspecified atom stereocenters. The fraction of sp³-hybridized carbons (Fsp3) is 0.214. The van der Waals surface area contributed by atoms with Gasteiger partial charge in [-0.2, -0.15) is 0 Å². The highest BCUT2D eigenvalue weighted by molar-refractivity contribution is 9.10. The van der Waals surface area contributed by atoms with Gasteiger partial charge in [0, 0.05) is 26.3 Å². The van der Waals surface area contributed by atoms with Crippen LogP contribution < -0.4 is 0 Å². The van der Waals surface area contributed by atoms with Gasteiger partial charge in [-0.15, -0.1) is 0 Å². The van der Waals surface area contributed by atoms with Gasteiger partial charge in [-0.3, -0.25) is 4.79 Å². The minimum Gasteiger partial charge on any atom is -0.298 e. The summed E-state index contributed by atoms with van der Waals surface area (Å²) in [5.41, 5.74) is 3.76. The average molecular weight is 337 g/mol. The summed E-state index contributed by atoms with van der Waals surface area (Å²) < 4.78 is 0.876. The van der Waals surface area contributed by atoms with E-state index in [1.54, 1.807) is 12.1 Å². The van der Waals surface area contributed by atoms with Crippen molar-refractivity contribution in [2.75, 3.05) is 0 Å². The fourth-order valence-electron chi connectivity index (χ4n) is 1.56. The van der Waals surface area contributed by atoms with Crippen LogP contribution in [0.4, 0.5) is 0 Å². The summed E-state index contributed by atoms with van der Waals surface area (Å²) in [6, 6.07) is 5.48. The Morgan fingerprint density at radius 1 is 1.16 bits per heavy atom. The summed E-state index contributed by atoms with van der Waals surface area (Å²) in [7, 11) is 0. The number of rotatable bonds is 3. The highest BCUT2D eigenvalue weighted by Crippen LogP contribution is 2.32. The van der Waals surface area contributed by atoms with Gasteiger partial charge >= 0.3 is 0 Å². The maximum absolute atomic E-state index is 10.7. The lowest BCUT2D eigenvalue weighted by molar-refractivity contribution is 0.112. The van der Waals surface area contributed by atoms with E-state index in [2.05, 4.69) is 25.9 Å². The van der Waals surface area contributed by atoms with Crippen LogP contribution >= 0.6 is 27.7 Å². The second-order valence-electron chi connectivity index (χ2n) is 4.21. The summed E-state index contributed by atoms with van der Waals surface area (Å²) in [5, 5.41) is 0.722. The van der Waals surface area contributed by atoms with Crippen molar-refractivity contribution in [1.29, 1.82) is 0 Å². The van der Waals surface area contributed by atoms with Crippen LogP contribution in [0, 0.1) is 20.8 Å². The number of halogens is 1. The molecule has 0 aliphatic carbocycles. The Hall–Kier alpha value is -1.20. The molecule has 1 heterocycles. The molecule has 0 aliphatic rings. The molecule has 0 radical (unpaired) electrons. The third kappa shape index (κ3) is 3.22. The summed E-state index contributed by atoms with van der Waals surface area (Å²) in [4.78, 5) is 20.6. The van der Waals surface area contributed by atoms with Crippen LogP contribution in [0.1, 0.15) is 27.3 Å². The van der Waals surface area contributed by atoms with Crippen molar-refractivity contribution in [3.8, 4) is 0 Å². The molecule has 98 valence electrons. The van der Waals surface area contributed by atoms with Crippen LogP contribution in [0.2, 0.25) is 0 Å². The zero-order valence-electron chi connectivity index (χ0n) is 10.9. The van der Waals surface area contributed by atoms with E-state index in [-0.39, 0.29) is 0 Å². The van der Waals surface area contributed by atoms with Gasteiger partial charge in [-0.05, 0) is 66.2 Å². The Morgan fingerprint density at radius 2 is 1.79 bits per heavy atom. The van der Waals surface area contributed by atoms with E-state index in [1.807, 2.05) is 26.8 Å². The van der Waals surface area contributed by atoms with Crippen molar-refractivity contribution in [2.24, 2.45) is 0 Å². The Kier molecular flexibility index (Phi) is 4.37. The largest absolute Gasteiger partial charge is 0.298 e. The van der Waals surface area contributed by atoms with Gasteiger partial charge in [0.05, 0.1) is 0 Å². The van der Waals surface area contributed by atoms with E-state index < -0.39 is 0 Å². The summed E-state index contributed by atoms with van der Waals surface area (Å²) in [6.07, 6.45) is 0.829. The third-order valence-electron chi connectivity index (χ3n) is 2.91. The second kappa shape index (κ2) is 5.84. The maximum Gasteiger partial charge on any atom is 0.192 e. The lowest BCUT2D eigenvalue weighted by atomic mass is 10.2. The van der Waals surface area contributed by atoms with Crippen LogP contribution in [0.25, 0.3) is 0 Å². The maximum atomic E-state index is 10.7. The molecule has 0 spiro atoms. The van der Waals surface area contributed by atoms with Gasteiger partial charge in [0.2, 0.25) is 0 Å². The first-order chi connectivity index (χ1) is 9.01. The molecule has 0 fully saturated rings. The molecule has 0 atom stereocenters. The number of benzene rings is 1. The fourth-order valence-corrected chi connectivity index (χ4v) is 3.05. The lowest BCUT2D eigenvalue weighted by Crippen LogP contribution is -1.98. The minimum absolute atomic E-state index is 0.647. The predicted octanol–water partition coefficient (Wildman–Crippen LogP) is 4.13. The van der Waals surface area contributed by atoms with Crippen LogP contribution in [-0.4, -0.2) is 16.3 Å². The topological polar surface area (TPSA) is 42.9 Å². The Morgan fingerprint density at radius 3 is 2.32 bits per heavy atom. The number of carbonyl (C=O) groups excluding carboxylic acids is 1. The van der Waals surface area contributed by atoms with Crippen LogP contribution in [0.15, 0.2) is 32.7 Å². The summed E-state index contributed by atoms with van der Waals surface area (Å²) >= 11 is 4.95. The van der Waals surface area contributed by atoms with Crippen LogP contribution in [-0.2, 0) is 0 Å². The summed E-state index contributed by atoms with van der Waals surface area (Å²) in [6.45, 7) is 5.99. The van der Waals surface area contributed by atoms with Gasteiger partial charge in [-0.25, -0.2) is 9.97 Å². The van der Waals surface area contributed by atoms with Gasteiger partial charge in [-0.1, -0.05) is 6.07 Å². The van der Waals surface area contributed by atoms with Crippen molar-refractivity contribution >= 4 is 34.0 Å². The molecule has 1 aromatic carbocycles. The van der Waals surface area contributed by atoms with Crippen molar-refractivity contribution in [2.45, 2.75) is 30.8 Å².